The minimum absolute atomic E-state index is 0.340. The van der Waals surface area contributed by atoms with Crippen LogP contribution in [0, 0.1) is 5.41 Å². The van der Waals surface area contributed by atoms with E-state index < -0.39 is 0 Å². The van der Waals surface area contributed by atoms with Gasteiger partial charge in [0.2, 0.25) is 0 Å². The van der Waals surface area contributed by atoms with Crippen LogP contribution in [0.25, 0.3) is 22.4 Å². The highest BCUT2D eigenvalue weighted by molar-refractivity contribution is 6.32. The summed E-state index contributed by atoms with van der Waals surface area (Å²) >= 11 is 6.21. The molecule has 1 spiro atoms. The van der Waals surface area contributed by atoms with Gasteiger partial charge in [-0.2, -0.15) is 5.10 Å². The van der Waals surface area contributed by atoms with Crippen LogP contribution in [0.2, 0.25) is 5.15 Å². The van der Waals surface area contributed by atoms with Crippen molar-refractivity contribution in [1.82, 2.24) is 25.1 Å². The van der Waals surface area contributed by atoms with Crippen molar-refractivity contribution in [2.45, 2.75) is 38.1 Å². The summed E-state index contributed by atoms with van der Waals surface area (Å²) < 4.78 is 0. The Morgan fingerprint density at radius 3 is 2.81 bits per heavy atom. The van der Waals surface area contributed by atoms with Crippen LogP contribution in [0.4, 0.5) is 5.82 Å². The molecule has 1 saturated carbocycles. The zero-order chi connectivity index (χ0) is 18.4. The molecule has 1 atom stereocenters. The molecular weight excluding hydrogens is 362 g/mol. The summed E-state index contributed by atoms with van der Waals surface area (Å²) in [5, 5.41) is 7.77. The zero-order valence-corrected chi connectivity index (χ0v) is 15.8. The normalized spacial score (nSPS) is 22.0. The molecule has 0 aromatic carbocycles. The van der Waals surface area contributed by atoms with E-state index in [1.54, 1.807) is 6.20 Å². The van der Waals surface area contributed by atoms with Crippen molar-refractivity contribution in [3.05, 3.63) is 29.7 Å². The van der Waals surface area contributed by atoms with Gasteiger partial charge in [-0.15, -0.1) is 0 Å². The van der Waals surface area contributed by atoms with Gasteiger partial charge in [-0.25, -0.2) is 15.0 Å². The molecule has 5 rings (SSSR count). The first-order valence-electron chi connectivity index (χ1n) is 9.49. The van der Waals surface area contributed by atoms with Gasteiger partial charge in [0.1, 0.15) is 22.2 Å². The smallest absolute Gasteiger partial charge is 0.177 e. The molecule has 4 heterocycles. The number of piperidine rings is 1. The molecule has 0 amide bonds. The number of nitrogens with zero attached hydrogens (tertiary/aromatic N) is 5. The third-order valence-electron chi connectivity index (χ3n) is 6.33. The van der Waals surface area contributed by atoms with E-state index in [-0.39, 0.29) is 0 Å². The number of fused-ring (bicyclic) bond motifs is 1. The summed E-state index contributed by atoms with van der Waals surface area (Å²) in [6.07, 6.45) is 9.45. The van der Waals surface area contributed by atoms with Crippen LogP contribution >= 0.6 is 11.6 Å². The van der Waals surface area contributed by atoms with Gasteiger partial charge >= 0.3 is 0 Å². The minimum atomic E-state index is 0.340. The third kappa shape index (κ3) is 2.76. The van der Waals surface area contributed by atoms with E-state index in [2.05, 4.69) is 25.1 Å². The second kappa shape index (κ2) is 6.42. The molecule has 27 heavy (non-hydrogen) atoms. The monoisotopic (exact) mass is 383 g/mol. The fourth-order valence-corrected chi connectivity index (χ4v) is 4.87. The van der Waals surface area contributed by atoms with Gasteiger partial charge in [-0.05, 0) is 43.2 Å². The van der Waals surface area contributed by atoms with Crippen molar-refractivity contribution >= 4 is 28.6 Å². The van der Waals surface area contributed by atoms with Crippen LogP contribution in [0.15, 0.2) is 24.5 Å². The molecule has 3 aromatic rings. The highest BCUT2D eigenvalue weighted by Gasteiger charge is 2.43. The first kappa shape index (κ1) is 16.9. The third-order valence-corrected chi connectivity index (χ3v) is 6.63. The lowest BCUT2D eigenvalue weighted by Crippen LogP contribution is -2.47. The Labute approximate surface area is 162 Å². The molecule has 2 fully saturated rings. The maximum absolute atomic E-state index is 6.40. The summed E-state index contributed by atoms with van der Waals surface area (Å²) in [7, 11) is 0. The van der Waals surface area contributed by atoms with E-state index in [1.165, 1.54) is 19.3 Å². The molecule has 1 aliphatic carbocycles. The second-order valence-corrected chi connectivity index (χ2v) is 8.05. The van der Waals surface area contributed by atoms with Gasteiger partial charge < -0.3 is 10.6 Å². The maximum Gasteiger partial charge on any atom is 0.177 e. The largest absolute Gasteiger partial charge is 0.355 e. The first-order valence-corrected chi connectivity index (χ1v) is 9.87. The number of aromatic nitrogens is 5. The molecule has 140 valence electrons. The lowest BCUT2D eigenvalue weighted by atomic mass is 9.74. The van der Waals surface area contributed by atoms with Crippen molar-refractivity contribution in [2.75, 3.05) is 18.0 Å². The number of H-pyrrole nitrogens is 1. The minimum Gasteiger partial charge on any atom is -0.355 e. The van der Waals surface area contributed by atoms with Crippen LogP contribution < -0.4 is 10.6 Å². The highest BCUT2D eigenvalue weighted by atomic mass is 35.5. The number of nitrogens with one attached hydrogen (secondary N) is 1. The average Bonchev–Trinajstić information content (AvgIpc) is 3.26. The standard InChI is InChI=1S/C19H22ClN7/c20-17-12(3-2-8-22-17)15-16-18(26-25-15)24-14(11-23-16)27-9-6-19(7-10-27)5-1-4-13(19)21/h2-3,8,11,13H,1,4-7,9-10,21H2,(H,24,25,26)/t13-/m1/s1. The summed E-state index contributed by atoms with van der Waals surface area (Å²) in [6, 6.07) is 4.07. The van der Waals surface area contributed by atoms with E-state index in [0.717, 1.165) is 37.3 Å². The van der Waals surface area contributed by atoms with Gasteiger partial charge in [0.15, 0.2) is 5.65 Å². The summed E-state index contributed by atoms with van der Waals surface area (Å²) in [6.45, 7) is 1.95. The number of hydrogen-bond donors (Lipinski definition) is 2. The number of anilines is 1. The Bertz CT molecular complexity index is 977. The molecule has 1 aliphatic heterocycles. The number of aromatic amines is 1. The van der Waals surface area contributed by atoms with Gasteiger partial charge in [0.25, 0.3) is 0 Å². The van der Waals surface area contributed by atoms with Crippen LogP contribution in [-0.4, -0.2) is 44.3 Å². The molecule has 0 bridgehead atoms. The summed E-state index contributed by atoms with van der Waals surface area (Å²) in [5.74, 6) is 0.886. The summed E-state index contributed by atoms with van der Waals surface area (Å²) in [4.78, 5) is 15.8. The Balaban J connectivity index is 1.41. The number of pyridine rings is 1. The summed E-state index contributed by atoms with van der Waals surface area (Å²) in [5.41, 5.74) is 9.54. The predicted octanol–water partition coefficient (Wildman–Crippen LogP) is 3.17. The molecule has 0 unspecified atom stereocenters. The van der Waals surface area contributed by atoms with Crippen LogP contribution in [0.3, 0.4) is 0 Å². The maximum atomic E-state index is 6.40. The number of halogens is 1. The van der Waals surface area contributed by atoms with Crippen LogP contribution in [0.5, 0.6) is 0 Å². The molecule has 1 saturated heterocycles. The topological polar surface area (TPSA) is 96.6 Å². The first-order chi connectivity index (χ1) is 13.2. The van der Waals surface area contributed by atoms with Gasteiger partial charge in [-0.1, -0.05) is 18.0 Å². The Morgan fingerprint density at radius 2 is 2.07 bits per heavy atom. The van der Waals surface area contributed by atoms with E-state index >= 15 is 0 Å². The quantitative estimate of drug-likeness (QED) is 0.660. The van der Waals surface area contributed by atoms with E-state index in [1.807, 2.05) is 18.3 Å². The van der Waals surface area contributed by atoms with Crippen molar-refractivity contribution < 1.29 is 0 Å². The molecule has 0 radical (unpaired) electrons. The molecule has 2 aliphatic rings. The van der Waals surface area contributed by atoms with Crippen molar-refractivity contribution in [3.8, 4) is 11.3 Å². The number of rotatable bonds is 2. The lowest BCUT2D eigenvalue weighted by Gasteiger charge is -2.42. The second-order valence-electron chi connectivity index (χ2n) is 7.69. The fraction of sp³-hybridized carbons (Fsp3) is 0.474. The van der Waals surface area contributed by atoms with Gasteiger partial charge in [0, 0.05) is 30.9 Å². The van der Waals surface area contributed by atoms with Crippen molar-refractivity contribution in [3.63, 3.8) is 0 Å². The zero-order valence-electron chi connectivity index (χ0n) is 15.0. The Hall–Kier alpha value is -2.25. The number of nitrogens with two attached hydrogens (primary N) is 1. The Morgan fingerprint density at radius 1 is 1.22 bits per heavy atom. The van der Waals surface area contributed by atoms with E-state index in [0.29, 0.717) is 33.5 Å². The van der Waals surface area contributed by atoms with Crippen molar-refractivity contribution in [2.24, 2.45) is 11.1 Å². The number of hydrogen-bond acceptors (Lipinski definition) is 6. The fourth-order valence-electron chi connectivity index (χ4n) is 4.66. The molecular formula is C19H22ClN7. The van der Waals surface area contributed by atoms with Crippen LogP contribution in [-0.2, 0) is 0 Å². The SMILES string of the molecule is N[C@@H]1CCCC12CCN(c1cnc3c(-c4cccnc4Cl)n[nH]c3n1)CC2. The van der Waals surface area contributed by atoms with Gasteiger partial charge in [-0.3, -0.25) is 5.10 Å². The van der Waals surface area contributed by atoms with Crippen LogP contribution in [0.1, 0.15) is 32.1 Å². The molecule has 3 N–H and O–H groups in total. The van der Waals surface area contributed by atoms with Crippen molar-refractivity contribution in [1.29, 1.82) is 0 Å². The van der Waals surface area contributed by atoms with Gasteiger partial charge in [0.05, 0.1) is 6.20 Å². The highest BCUT2D eigenvalue weighted by Crippen LogP contribution is 2.45. The molecule has 3 aromatic heterocycles. The van der Waals surface area contributed by atoms with E-state index in [4.69, 9.17) is 22.3 Å². The lowest BCUT2D eigenvalue weighted by molar-refractivity contribution is 0.197. The predicted molar refractivity (Wildman–Crippen MR) is 106 cm³/mol. The Kier molecular flexibility index (Phi) is 4.02. The average molecular weight is 384 g/mol. The van der Waals surface area contributed by atoms with E-state index in [9.17, 15) is 0 Å². The molecule has 7 nitrogen and oxygen atoms in total. The molecule has 8 heteroatoms.